The second kappa shape index (κ2) is 4.75. The van der Waals surface area contributed by atoms with Crippen LogP contribution in [-0.4, -0.2) is 34.1 Å². The number of aromatic carboxylic acids is 1. The predicted molar refractivity (Wildman–Crippen MR) is 61.8 cm³/mol. The Hall–Kier alpha value is -1.56. The van der Waals surface area contributed by atoms with Crippen molar-refractivity contribution in [2.75, 3.05) is 18.9 Å². The van der Waals surface area contributed by atoms with Crippen LogP contribution in [0.3, 0.4) is 0 Å². The Morgan fingerprint density at radius 2 is 2.24 bits per heavy atom. The SMILES string of the molecule is Cn1nc(CC2CCOCC2)c(C(=O)O)c1N. The quantitative estimate of drug-likeness (QED) is 0.809. The lowest BCUT2D eigenvalue weighted by atomic mass is 9.93. The van der Waals surface area contributed by atoms with Crippen molar-refractivity contribution >= 4 is 11.8 Å². The summed E-state index contributed by atoms with van der Waals surface area (Å²) < 4.78 is 6.71. The molecule has 1 fully saturated rings. The number of carboxylic acid groups (broad SMARTS) is 1. The topological polar surface area (TPSA) is 90.4 Å². The molecule has 1 aromatic heterocycles. The van der Waals surface area contributed by atoms with E-state index in [0.717, 1.165) is 26.1 Å². The van der Waals surface area contributed by atoms with E-state index < -0.39 is 5.97 Å². The Balaban J connectivity index is 2.19. The van der Waals surface area contributed by atoms with Gasteiger partial charge < -0.3 is 15.6 Å². The normalized spacial score (nSPS) is 17.2. The van der Waals surface area contributed by atoms with E-state index >= 15 is 0 Å². The molecule has 2 heterocycles. The number of hydrogen-bond donors (Lipinski definition) is 2. The van der Waals surface area contributed by atoms with E-state index in [4.69, 9.17) is 15.6 Å². The van der Waals surface area contributed by atoms with E-state index in [1.54, 1.807) is 7.05 Å². The van der Waals surface area contributed by atoms with E-state index in [-0.39, 0.29) is 11.4 Å². The predicted octanol–water partition coefficient (Wildman–Crippen LogP) is 0.670. The van der Waals surface area contributed by atoms with Crippen LogP contribution in [0.5, 0.6) is 0 Å². The number of anilines is 1. The van der Waals surface area contributed by atoms with Crippen LogP contribution in [0, 0.1) is 5.92 Å². The lowest BCUT2D eigenvalue weighted by Gasteiger charge is -2.21. The first kappa shape index (κ1) is 11.9. The van der Waals surface area contributed by atoms with Crippen LogP contribution >= 0.6 is 0 Å². The molecule has 6 heteroatoms. The molecular weight excluding hydrogens is 222 g/mol. The first-order chi connectivity index (χ1) is 8.09. The van der Waals surface area contributed by atoms with Crippen LogP contribution < -0.4 is 5.73 Å². The van der Waals surface area contributed by atoms with Crippen molar-refractivity contribution in [2.45, 2.75) is 19.3 Å². The molecule has 0 spiro atoms. The van der Waals surface area contributed by atoms with Gasteiger partial charge in [-0.25, -0.2) is 4.79 Å². The molecular formula is C11H17N3O3. The number of nitrogen functional groups attached to an aromatic ring is 1. The maximum atomic E-state index is 11.1. The van der Waals surface area contributed by atoms with Crippen LogP contribution in [0.2, 0.25) is 0 Å². The third kappa shape index (κ3) is 2.41. The third-order valence-electron chi connectivity index (χ3n) is 3.20. The van der Waals surface area contributed by atoms with Crippen molar-refractivity contribution in [1.82, 2.24) is 9.78 Å². The summed E-state index contributed by atoms with van der Waals surface area (Å²) in [5.74, 6) is -0.339. The van der Waals surface area contributed by atoms with E-state index in [1.165, 1.54) is 4.68 Å². The summed E-state index contributed by atoms with van der Waals surface area (Å²) in [7, 11) is 1.66. The highest BCUT2D eigenvalue weighted by Gasteiger charge is 2.23. The number of carbonyl (C=O) groups is 1. The molecule has 2 rings (SSSR count). The Bertz CT molecular complexity index is 422. The minimum Gasteiger partial charge on any atom is -0.477 e. The summed E-state index contributed by atoms with van der Waals surface area (Å²) >= 11 is 0. The molecule has 94 valence electrons. The van der Waals surface area contributed by atoms with Gasteiger partial charge in [0.2, 0.25) is 0 Å². The Kier molecular flexibility index (Phi) is 3.33. The van der Waals surface area contributed by atoms with Gasteiger partial charge in [0.25, 0.3) is 0 Å². The van der Waals surface area contributed by atoms with Crippen LogP contribution in [0.25, 0.3) is 0 Å². The Labute approximate surface area is 99.4 Å². The average Bonchev–Trinajstić information content (AvgIpc) is 2.56. The highest BCUT2D eigenvalue weighted by atomic mass is 16.5. The average molecular weight is 239 g/mol. The van der Waals surface area contributed by atoms with Gasteiger partial charge in [-0.2, -0.15) is 5.10 Å². The molecule has 0 bridgehead atoms. The fourth-order valence-electron chi connectivity index (χ4n) is 2.19. The molecule has 0 aliphatic carbocycles. The molecule has 17 heavy (non-hydrogen) atoms. The summed E-state index contributed by atoms with van der Waals surface area (Å²) in [6.07, 6.45) is 2.57. The molecule has 1 aromatic rings. The van der Waals surface area contributed by atoms with E-state index in [1.807, 2.05) is 0 Å². The van der Waals surface area contributed by atoms with Gasteiger partial charge in [-0.3, -0.25) is 4.68 Å². The number of ether oxygens (including phenoxy) is 1. The molecule has 0 radical (unpaired) electrons. The maximum absolute atomic E-state index is 11.1. The summed E-state index contributed by atoms with van der Waals surface area (Å²) in [6.45, 7) is 1.49. The second-order valence-corrected chi connectivity index (χ2v) is 4.40. The van der Waals surface area contributed by atoms with Gasteiger partial charge in [-0.05, 0) is 25.2 Å². The third-order valence-corrected chi connectivity index (χ3v) is 3.20. The minimum atomic E-state index is -1.00. The number of hydrogen-bond acceptors (Lipinski definition) is 4. The van der Waals surface area contributed by atoms with Gasteiger partial charge >= 0.3 is 5.97 Å². The van der Waals surface area contributed by atoms with Gasteiger partial charge in [0.05, 0.1) is 5.69 Å². The van der Waals surface area contributed by atoms with Crippen molar-refractivity contribution in [3.63, 3.8) is 0 Å². The van der Waals surface area contributed by atoms with Crippen molar-refractivity contribution in [2.24, 2.45) is 13.0 Å². The van der Waals surface area contributed by atoms with Gasteiger partial charge in [0.1, 0.15) is 11.4 Å². The summed E-state index contributed by atoms with van der Waals surface area (Å²) in [6, 6.07) is 0. The Morgan fingerprint density at radius 3 is 2.82 bits per heavy atom. The summed E-state index contributed by atoms with van der Waals surface area (Å²) in [5, 5.41) is 13.3. The number of nitrogens with two attached hydrogens (primary N) is 1. The van der Waals surface area contributed by atoms with E-state index in [9.17, 15) is 4.79 Å². The largest absolute Gasteiger partial charge is 0.477 e. The van der Waals surface area contributed by atoms with Crippen molar-refractivity contribution in [3.8, 4) is 0 Å². The highest BCUT2D eigenvalue weighted by molar-refractivity contribution is 5.94. The maximum Gasteiger partial charge on any atom is 0.341 e. The molecule has 0 amide bonds. The fourth-order valence-corrected chi connectivity index (χ4v) is 2.19. The first-order valence-electron chi connectivity index (χ1n) is 5.72. The molecule has 0 saturated carbocycles. The van der Waals surface area contributed by atoms with Crippen LogP contribution in [0.15, 0.2) is 0 Å². The fraction of sp³-hybridized carbons (Fsp3) is 0.636. The monoisotopic (exact) mass is 239 g/mol. The van der Waals surface area contributed by atoms with Gasteiger partial charge in [0, 0.05) is 20.3 Å². The zero-order chi connectivity index (χ0) is 12.4. The molecule has 6 nitrogen and oxygen atoms in total. The van der Waals surface area contributed by atoms with Crippen molar-refractivity contribution < 1.29 is 14.6 Å². The standard InChI is InChI=1S/C11H17N3O3/c1-14-10(12)9(11(15)16)8(13-14)6-7-2-4-17-5-3-7/h7H,2-6,12H2,1H3,(H,15,16). The lowest BCUT2D eigenvalue weighted by molar-refractivity contribution is 0.0654. The molecule has 0 aromatic carbocycles. The van der Waals surface area contributed by atoms with Crippen LogP contribution in [0.4, 0.5) is 5.82 Å². The molecule has 3 N–H and O–H groups in total. The number of carboxylic acids is 1. The second-order valence-electron chi connectivity index (χ2n) is 4.40. The molecule has 1 aliphatic rings. The molecule has 0 atom stereocenters. The molecule has 0 unspecified atom stereocenters. The zero-order valence-corrected chi connectivity index (χ0v) is 9.85. The first-order valence-corrected chi connectivity index (χ1v) is 5.72. The smallest absolute Gasteiger partial charge is 0.341 e. The van der Waals surface area contributed by atoms with Gasteiger partial charge in [-0.15, -0.1) is 0 Å². The minimum absolute atomic E-state index is 0.152. The van der Waals surface area contributed by atoms with E-state index in [2.05, 4.69) is 5.10 Å². The zero-order valence-electron chi connectivity index (χ0n) is 9.85. The van der Waals surface area contributed by atoms with Crippen LogP contribution in [-0.2, 0) is 18.2 Å². The highest BCUT2D eigenvalue weighted by Crippen LogP contribution is 2.24. The Morgan fingerprint density at radius 1 is 1.59 bits per heavy atom. The molecule has 1 aliphatic heterocycles. The lowest BCUT2D eigenvalue weighted by Crippen LogP contribution is -2.18. The molecule has 1 saturated heterocycles. The number of rotatable bonds is 3. The summed E-state index contributed by atoms with van der Waals surface area (Å²) in [4.78, 5) is 11.1. The van der Waals surface area contributed by atoms with Crippen molar-refractivity contribution in [1.29, 1.82) is 0 Å². The number of nitrogens with zero attached hydrogens (tertiary/aromatic N) is 2. The van der Waals surface area contributed by atoms with Crippen molar-refractivity contribution in [3.05, 3.63) is 11.3 Å². The van der Waals surface area contributed by atoms with Gasteiger partial charge in [-0.1, -0.05) is 0 Å². The van der Waals surface area contributed by atoms with Gasteiger partial charge in [0.15, 0.2) is 0 Å². The van der Waals surface area contributed by atoms with E-state index in [0.29, 0.717) is 18.0 Å². The van der Waals surface area contributed by atoms with Crippen LogP contribution in [0.1, 0.15) is 28.9 Å². The summed E-state index contributed by atoms with van der Waals surface area (Å²) in [5.41, 5.74) is 6.44. The number of aryl methyl sites for hydroxylation is 1. The number of aromatic nitrogens is 2.